The Morgan fingerprint density at radius 2 is 2.11 bits per heavy atom. The maximum absolute atomic E-state index is 13.7. The molecule has 0 heterocycles. The maximum atomic E-state index is 13.7. The van der Waals surface area contributed by atoms with Crippen molar-refractivity contribution in [2.75, 3.05) is 12.4 Å². The molecule has 2 nitrogen and oxygen atoms in total. The van der Waals surface area contributed by atoms with Gasteiger partial charge in [-0.3, -0.25) is 0 Å². The van der Waals surface area contributed by atoms with Crippen LogP contribution in [0.3, 0.4) is 0 Å². The monoisotopic (exact) mass is 343 g/mol. The number of ether oxygens (including phenoxy) is 1. The van der Waals surface area contributed by atoms with Gasteiger partial charge in [0.1, 0.15) is 11.6 Å². The molecule has 0 saturated heterocycles. The average molecular weight is 345 g/mol. The van der Waals surface area contributed by atoms with Crippen molar-refractivity contribution < 1.29 is 9.13 Å². The molecule has 0 radical (unpaired) electrons. The van der Waals surface area contributed by atoms with E-state index in [1.807, 2.05) is 18.2 Å². The zero-order valence-corrected chi connectivity index (χ0v) is 12.6. The number of methoxy groups -OCH3 is 1. The highest BCUT2D eigenvalue weighted by molar-refractivity contribution is 9.10. The van der Waals surface area contributed by atoms with Crippen LogP contribution in [0.25, 0.3) is 0 Å². The van der Waals surface area contributed by atoms with Crippen LogP contribution in [0, 0.1) is 5.82 Å². The summed E-state index contributed by atoms with van der Waals surface area (Å²) >= 11 is 9.11. The van der Waals surface area contributed by atoms with Gasteiger partial charge in [0.25, 0.3) is 0 Å². The molecule has 100 valence electrons. The van der Waals surface area contributed by atoms with E-state index >= 15 is 0 Å². The Hall–Kier alpha value is -1.26. The van der Waals surface area contributed by atoms with Gasteiger partial charge in [-0.15, -0.1) is 0 Å². The van der Waals surface area contributed by atoms with Crippen LogP contribution in [0.5, 0.6) is 5.75 Å². The molecular weight excluding hydrogens is 333 g/mol. The third kappa shape index (κ3) is 3.39. The minimum atomic E-state index is -0.388. The van der Waals surface area contributed by atoms with Gasteiger partial charge in [0.05, 0.1) is 16.6 Å². The molecule has 19 heavy (non-hydrogen) atoms. The fraction of sp³-hybridized carbons (Fsp3) is 0.143. The fourth-order valence-corrected chi connectivity index (χ4v) is 2.25. The summed E-state index contributed by atoms with van der Waals surface area (Å²) in [5, 5.41) is 3.26. The lowest BCUT2D eigenvalue weighted by atomic mass is 10.2. The summed E-state index contributed by atoms with van der Waals surface area (Å²) in [5.41, 5.74) is 1.37. The van der Waals surface area contributed by atoms with Gasteiger partial charge in [-0.1, -0.05) is 23.7 Å². The molecule has 2 aromatic rings. The molecular formula is C14H12BrClFNO. The third-order valence-electron chi connectivity index (χ3n) is 2.67. The highest BCUT2D eigenvalue weighted by Crippen LogP contribution is 2.28. The van der Waals surface area contributed by atoms with Gasteiger partial charge in [0.2, 0.25) is 0 Å². The van der Waals surface area contributed by atoms with Crippen LogP contribution in [-0.2, 0) is 6.54 Å². The van der Waals surface area contributed by atoms with Gasteiger partial charge < -0.3 is 10.1 Å². The molecule has 2 rings (SSSR count). The average Bonchev–Trinajstić information content (AvgIpc) is 2.42. The van der Waals surface area contributed by atoms with Crippen molar-refractivity contribution in [2.24, 2.45) is 0 Å². The largest absolute Gasteiger partial charge is 0.495 e. The molecule has 0 aliphatic carbocycles. The van der Waals surface area contributed by atoms with Crippen molar-refractivity contribution >= 4 is 33.2 Å². The Morgan fingerprint density at radius 3 is 2.84 bits per heavy atom. The number of hydrogen-bond donors (Lipinski definition) is 1. The zero-order valence-electron chi connectivity index (χ0n) is 10.2. The normalized spacial score (nSPS) is 10.3. The first kappa shape index (κ1) is 14.2. The van der Waals surface area contributed by atoms with E-state index in [-0.39, 0.29) is 10.8 Å². The van der Waals surface area contributed by atoms with Crippen molar-refractivity contribution in [1.29, 1.82) is 0 Å². The summed E-state index contributed by atoms with van der Waals surface area (Å²) in [5.74, 6) is 0.331. The van der Waals surface area contributed by atoms with Crippen molar-refractivity contribution in [2.45, 2.75) is 6.54 Å². The van der Waals surface area contributed by atoms with Crippen LogP contribution >= 0.6 is 27.5 Å². The van der Waals surface area contributed by atoms with E-state index in [9.17, 15) is 4.39 Å². The highest BCUT2D eigenvalue weighted by atomic mass is 79.9. The summed E-state index contributed by atoms with van der Waals surface area (Å²) in [6.07, 6.45) is 0. The smallest absolute Gasteiger partial charge is 0.146 e. The number of halogens is 3. The zero-order chi connectivity index (χ0) is 13.8. The van der Waals surface area contributed by atoms with E-state index in [1.165, 1.54) is 6.07 Å². The van der Waals surface area contributed by atoms with Gasteiger partial charge in [0, 0.05) is 23.9 Å². The van der Waals surface area contributed by atoms with E-state index in [1.54, 1.807) is 19.2 Å². The maximum Gasteiger partial charge on any atom is 0.146 e. The number of hydrogen-bond acceptors (Lipinski definition) is 2. The SMILES string of the molecule is COc1cc(NCc2cccc(Cl)c2F)ccc1Br. The van der Waals surface area contributed by atoms with E-state index in [0.717, 1.165) is 15.9 Å². The first-order chi connectivity index (χ1) is 9.11. The van der Waals surface area contributed by atoms with E-state index in [4.69, 9.17) is 16.3 Å². The Bertz CT molecular complexity index is 592. The summed E-state index contributed by atoms with van der Waals surface area (Å²) < 4.78 is 19.8. The Labute approximate surface area is 124 Å². The number of benzene rings is 2. The molecule has 2 aromatic carbocycles. The predicted octanol–water partition coefficient (Wildman–Crippen LogP) is 4.86. The predicted molar refractivity (Wildman–Crippen MR) is 79.4 cm³/mol. The number of rotatable bonds is 4. The van der Waals surface area contributed by atoms with E-state index < -0.39 is 0 Å². The third-order valence-corrected chi connectivity index (χ3v) is 3.61. The lowest BCUT2D eigenvalue weighted by Crippen LogP contribution is -2.02. The van der Waals surface area contributed by atoms with Crippen molar-refractivity contribution in [3.63, 3.8) is 0 Å². The van der Waals surface area contributed by atoms with Crippen molar-refractivity contribution in [3.8, 4) is 5.75 Å². The molecule has 1 N–H and O–H groups in total. The van der Waals surface area contributed by atoms with Crippen LogP contribution < -0.4 is 10.1 Å². The molecule has 0 bridgehead atoms. The van der Waals surface area contributed by atoms with Crippen LogP contribution in [0.1, 0.15) is 5.56 Å². The highest BCUT2D eigenvalue weighted by Gasteiger charge is 2.06. The van der Waals surface area contributed by atoms with Gasteiger partial charge in [-0.05, 0) is 34.1 Å². The second-order valence-corrected chi connectivity index (χ2v) is 5.18. The first-order valence-electron chi connectivity index (χ1n) is 5.62. The molecule has 0 fully saturated rings. The van der Waals surface area contributed by atoms with Crippen LogP contribution in [0.2, 0.25) is 5.02 Å². The second kappa shape index (κ2) is 6.26. The topological polar surface area (TPSA) is 21.3 Å². The molecule has 0 spiro atoms. The van der Waals surface area contributed by atoms with Crippen LogP contribution in [0.4, 0.5) is 10.1 Å². The molecule has 0 saturated carbocycles. The van der Waals surface area contributed by atoms with Crippen LogP contribution in [-0.4, -0.2) is 7.11 Å². The molecule has 0 amide bonds. The summed E-state index contributed by atoms with van der Waals surface area (Å²) in [6.45, 7) is 0.358. The van der Waals surface area contributed by atoms with E-state index in [2.05, 4.69) is 21.2 Å². The minimum Gasteiger partial charge on any atom is -0.495 e. The second-order valence-electron chi connectivity index (χ2n) is 3.92. The summed E-state index contributed by atoms with van der Waals surface area (Å²) in [4.78, 5) is 0. The summed E-state index contributed by atoms with van der Waals surface area (Å²) in [7, 11) is 1.60. The van der Waals surface area contributed by atoms with Crippen LogP contribution in [0.15, 0.2) is 40.9 Å². The van der Waals surface area contributed by atoms with Gasteiger partial charge >= 0.3 is 0 Å². The number of anilines is 1. The quantitative estimate of drug-likeness (QED) is 0.855. The van der Waals surface area contributed by atoms with E-state index in [0.29, 0.717) is 12.1 Å². The molecule has 5 heteroatoms. The van der Waals surface area contributed by atoms with Gasteiger partial charge in [0.15, 0.2) is 0 Å². The van der Waals surface area contributed by atoms with Gasteiger partial charge in [-0.2, -0.15) is 0 Å². The Kier molecular flexibility index (Phi) is 4.66. The standard InChI is InChI=1S/C14H12BrClFNO/c1-19-13-7-10(5-6-11(13)15)18-8-9-3-2-4-12(16)14(9)17/h2-7,18H,8H2,1H3. The molecule has 0 atom stereocenters. The lowest BCUT2D eigenvalue weighted by Gasteiger charge is -2.10. The first-order valence-corrected chi connectivity index (χ1v) is 6.79. The van der Waals surface area contributed by atoms with Gasteiger partial charge in [-0.25, -0.2) is 4.39 Å². The molecule has 0 aliphatic heterocycles. The Morgan fingerprint density at radius 1 is 1.32 bits per heavy atom. The van der Waals surface area contributed by atoms with Crippen molar-refractivity contribution in [1.82, 2.24) is 0 Å². The fourth-order valence-electron chi connectivity index (χ4n) is 1.65. The molecule has 0 aliphatic rings. The summed E-state index contributed by atoms with van der Waals surface area (Å²) in [6, 6.07) is 10.6. The van der Waals surface area contributed by atoms with Crippen molar-refractivity contribution in [3.05, 3.63) is 57.3 Å². The minimum absolute atomic E-state index is 0.132. The number of nitrogens with one attached hydrogen (secondary N) is 1. The Balaban J connectivity index is 2.12. The lowest BCUT2D eigenvalue weighted by molar-refractivity contribution is 0.412. The molecule has 0 unspecified atom stereocenters. The molecule has 0 aromatic heterocycles.